The summed E-state index contributed by atoms with van der Waals surface area (Å²) in [6, 6.07) is 1.56. The van der Waals surface area contributed by atoms with Crippen LogP contribution in [0.2, 0.25) is 0 Å². The summed E-state index contributed by atoms with van der Waals surface area (Å²) < 4.78 is 10.6. The quantitative estimate of drug-likeness (QED) is 0.522. The lowest BCUT2D eigenvalue weighted by atomic mass is 10.1. The molecule has 0 radical (unpaired) electrons. The van der Waals surface area contributed by atoms with Crippen LogP contribution in [0.1, 0.15) is 5.56 Å². The van der Waals surface area contributed by atoms with Gasteiger partial charge >= 0.3 is 5.97 Å². The Morgan fingerprint density at radius 3 is 2.62 bits per heavy atom. The van der Waals surface area contributed by atoms with Crippen molar-refractivity contribution in [2.75, 3.05) is 20.8 Å². The molecule has 2 rings (SSSR count). The molecule has 0 aromatic heterocycles. The molecular weight excluding hydrogens is 470 g/mol. The Bertz CT molecular complexity index is 764. The summed E-state index contributed by atoms with van der Waals surface area (Å²) >= 11 is 7.28. The number of thioether (sulfide) groups is 1. The van der Waals surface area contributed by atoms with E-state index >= 15 is 0 Å². The van der Waals surface area contributed by atoms with Crippen LogP contribution in [0.3, 0.4) is 0 Å². The second-order valence-electron chi connectivity index (χ2n) is 4.48. The van der Waals surface area contributed by atoms with Crippen molar-refractivity contribution in [3.05, 3.63) is 25.5 Å². The number of aromatic hydroxyl groups is 1. The molecule has 10 heteroatoms. The van der Waals surface area contributed by atoms with Crippen LogP contribution in [-0.4, -0.2) is 47.9 Å². The fourth-order valence-electron chi connectivity index (χ4n) is 1.86. The van der Waals surface area contributed by atoms with Gasteiger partial charge in [-0.2, -0.15) is 0 Å². The van der Waals surface area contributed by atoms with E-state index in [2.05, 4.69) is 36.6 Å². The zero-order valence-corrected chi connectivity index (χ0v) is 16.5. The SMILES string of the molecule is COC(=O)CN1C(=O)S/C(=C\c2c(O)c(OC)cc(Br)c2Br)C1=O. The first kappa shape index (κ1) is 18.8. The number of ether oxygens (including phenoxy) is 2. The molecule has 128 valence electrons. The minimum absolute atomic E-state index is 0.0695. The summed E-state index contributed by atoms with van der Waals surface area (Å²) in [5.74, 6) is -1.33. The van der Waals surface area contributed by atoms with Crippen molar-refractivity contribution in [1.82, 2.24) is 4.90 Å². The summed E-state index contributed by atoms with van der Waals surface area (Å²) in [6.07, 6.45) is 1.36. The lowest BCUT2D eigenvalue weighted by molar-refractivity contribution is -0.143. The van der Waals surface area contributed by atoms with Crippen molar-refractivity contribution in [2.45, 2.75) is 0 Å². The Labute approximate surface area is 158 Å². The molecule has 1 fully saturated rings. The molecule has 1 aliphatic rings. The standard InChI is InChI=1S/C14H11Br2NO6S/c1-22-8-4-7(15)11(16)6(12(8)19)3-9-13(20)17(14(21)24-9)5-10(18)23-2/h3-4,19H,5H2,1-2H3/b9-3-. The number of hydrogen-bond acceptors (Lipinski definition) is 7. The molecule has 0 spiro atoms. The van der Waals surface area contributed by atoms with E-state index in [9.17, 15) is 19.5 Å². The van der Waals surface area contributed by atoms with E-state index in [0.29, 0.717) is 20.7 Å². The van der Waals surface area contributed by atoms with Crippen molar-refractivity contribution in [3.8, 4) is 11.5 Å². The molecule has 0 atom stereocenters. The van der Waals surface area contributed by atoms with Crippen molar-refractivity contribution in [1.29, 1.82) is 0 Å². The fourth-order valence-corrected chi connectivity index (χ4v) is 3.52. The van der Waals surface area contributed by atoms with Crippen LogP contribution in [-0.2, 0) is 14.3 Å². The van der Waals surface area contributed by atoms with E-state index in [1.54, 1.807) is 6.07 Å². The number of rotatable bonds is 4. The lowest BCUT2D eigenvalue weighted by Gasteiger charge is -2.11. The van der Waals surface area contributed by atoms with E-state index in [4.69, 9.17) is 4.74 Å². The number of phenolic OH excluding ortho intramolecular Hbond substituents is 1. The predicted molar refractivity (Wildman–Crippen MR) is 94.8 cm³/mol. The smallest absolute Gasteiger partial charge is 0.325 e. The second-order valence-corrected chi connectivity index (χ2v) is 7.12. The van der Waals surface area contributed by atoms with Gasteiger partial charge in [-0.25, -0.2) is 0 Å². The van der Waals surface area contributed by atoms with Crippen molar-refractivity contribution in [3.63, 3.8) is 0 Å². The van der Waals surface area contributed by atoms with Crippen molar-refractivity contribution < 1.29 is 29.0 Å². The van der Waals surface area contributed by atoms with Crippen LogP contribution < -0.4 is 4.74 Å². The number of nitrogens with zero attached hydrogens (tertiary/aromatic N) is 1. The molecular formula is C14H11Br2NO6S. The Hall–Kier alpha value is -1.52. The number of imide groups is 1. The van der Waals surface area contributed by atoms with Crippen molar-refractivity contribution >= 4 is 66.8 Å². The highest BCUT2D eigenvalue weighted by atomic mass is 79.9. The zero-order valence-electron chi connectivity index (χ0n) is 12.5. The average molecular weight is 481 g/mol. The molecule has 0 bridgehead atoms. The van der Waals surface area contributed by atoms with E-state index in [0.717, 1.165) is 4.90 Å². The number of phenols is 1. The highest BCUT2D eigenvalue weighted by Crippen LogP contribution is 2.43. The molecule has 1 saturated heterocycles. The van der Waals surface area contributed by atoms with Gasteiger partial charge in [-0.3, -0.25) is 19.3 Å². The summed E-state index contributed by atoms with van der Waals surface area (Å²) in [5.41, 5.74) is 0.268. The summed E-state index contributed by atoms with van der Waals surface area (Å²) in [7, 11) is 2.56. The molecule has 7 nitrogen and oxygen atoms in total. The minimum atomic E-state index is -0.702. The van der Waals surface area contributed by atoms with E-state index in [1.807, 2.05) is 0 Å². The molecule has 1 aromatic rings. The van der Waals surface area contributed by atoms with Gasteiger partial charge in [0, 0.05) is 14.5 Å². The predicted octanol–water partition coefficient (Wildman–Crippen LogP) is 3.14. The van der Waals surface area contributed by atoms with E-state index in [-0.39, 0.29) is 22.0 Å². The molecule has 0 unspecified atom stereocenters. The molecule has 0 aliphatic carbocycles. The Morgan fingerprint density at radius 1 is 1.38 bits per heavy atom. The van der Waals surface area contributed by atoms with Crippen molar-refractivity contribution in [2.24, 2.45) is 0 Å². The van der Waals surface area contributed by atoms with Crippen LogP contribution in [0.5, 0.6) is 11.5 Å². The van der Waals surface area contributed by atoms with Gasteiger partial charge in [0.1, 0.15) is 6.54 Å². The average Bonchev–Trinajstić information content (AvgIpc) is 2.82. The Kier molecular flexibility index (Phi) is 5.94. The Balaban J connectivity index is 2.43. The highest BCUT2D eigenvalue weighted by molar-refractivity contribution is 9.13. The first-order valence-electron chi connectivity index (χ1n) is 6.37. The lowest BCUT2D eigenvalue weighted by Crippen LogP contribution is -2.34. The van der Waals surface area contributed by atoms with Gasteiger partial charge in [0.2, 0.25) is 0 Å². The van der Waals surface area contributed by atoms with Gasteiger partial charge in [-0.05, 0) is 55.8 Å². The largest absolute Gasteiger partial charge is 0.504 e. The third kappa shape index (κ3) is 3.60. The third-order valence-electron chi connectivity index (χ3n) is 3.08. The summed E-state index contributed by atoms with van der Waals surface area (Å²) in [6.45, 7) is -0.465. The number of amides is 2. The van der Waals surface area contributed by atoms with Crippen LogP contribution in [0, 0.1) is 0 Å². The molecule has 1 aliphatic heterocycles. The molecule has 24 heavy (non-hydrogen) atoms. The van der Waals surface area contributed by atoms with Gasteiger partial charge in [-0.1, -0.05) is 0 Å². The molecule has 1 aromatic carbocycles. The first-order valence-corrected chi connectivity index (χ1v) is 8.77. The van der Waals surface area contributed by atoms with Crippen LogP contribution in [0.4, 0.5) is 4.79 Å². The van der Waals surface area contributed by atoms with Gasteiger partial charge in [0.15, 0.2) is 11.5 Å². The monoisotopic (exact) mass is 479 g/mol. The maximum atomic E-state index is 12.3. The Morgan fingerprint density at radius 2 is 2.04 bits per heavy atom. The third-order valence-corrected chi connectivity index (χ3v) is 6.00. The highest BCUT2D eigenvalue weighted by Gasteiger charge is 2.37. The number of benzene rings is 1. The van der Waals surface area contributed by atoms with E-state index in [1.165, 1.54) is 20.3 Å². The van der Waals surface area contributed by atoms with Gasteiger partial charge < -0.3 is 14.6 Å². The zero-order chi connectivity index (χ0) is 18.0. The molecule has 2 amide bonds. The number of hydrogen-bond donors (Lipinski definition) is 1. The van der Waals surface area contributed by atoms with Gasteiger partial charge in [0.05, 0.1) is 19.1 Å². The molecule has 1 heterocycles. The first-order chi connectivity index (χ1) is 11.3. The minimum Gasteiger partial charge on any atom is -0.504 e. The number of halogens is 2. The normalized spacial score (nSPS) is 16.0. The van der Waals surface area contributed by atoms with E-state index < -0.39 is 23.7 Å². The van der Waals surface area contributed by atoms with Crippen LogP contribution >= 0.6 is 43.6 Å². The molecule has 1 N–H and O–H groups in total. The number of carbonyl (C=O) groups is 3. The maximum Gasteiger partial charge on any atom is 0.325 e. The van der Waals surface area contributed by atoms with Crippen LogP contribution in [0.15, 0.2) is 19.9 Å². The summed E-state index contributed by atoms with van der Waals surface area (Å²) in [4.78, 5) is 36.4. The number of carbonyl (C=O) groups excluding carboxylic acids is 3. The maximum absolute atomic E-state index is 12.3. The number of methoxy groups -OCH3 is 2. The van der Waals surface area contributed by atoms with Gasteiger partial charge in [-0.15, -0.1) is 0 Å². The topological polar surface area (TPSA) is 93.1 Å². The fraction of sp³-hybridized carbons (Fsp3) is 0.214. The van der Waals surface area contributed by atoms with Gasteiger partial charge in [0.25, 0.3) is 11.1 Å². The summed E-state index contributed by atoms with van der Waals surface area (Å²) in [5, 5.41) is 9.65. The number of esters is 1. The second kappa shape index (κ2) is 7.58. The molecule has 0 saturated carbocycles. The van der Waals surface area contributed by atoms with Crippen LogP contribution in [0.25, 0.3) is 6.08 Å².